The standard InChI is InChI=1S/C17H22N2O/c1-12-4-5-16(10-13(12)2)14(3)19-11-17(20)15-6-8-18-9-7-15/h4-10,14,17,19-20H,11H2,1-3H3. The van der Waals surface area contributed by atoms with Crippen LogP contribution in [0.3, 0.4) is 0 Å². The molecule has 106 valence electrons. The summed E-state index contributed by atoms with van der Waals surface area (Å²) in [5.41, 5.74) is 4.73. The fraction of sp³-hybridized carbons (Fsp3) is 0.353. The zero-order chi connectivity index (χ0) is 14.5. The maximum Gasteiger partial charge on any atom is 0.0915 e. The van der Waals surface area contributed by atoms with Crippen molar-refractivity contribution in [2.75, 3.05) is 6.54 Å². The molecule has 0 fully saturated rings. The average molecular weight is 270 g/mol. The lowest BCUT2D eigenvalue weighted by atomic mass is 10.0. The molecule has 3 heteroatoms. The van der Waals surface area contributed by atoms with E-state index in [1.54, 1.807) is 12.4 Å². The highest BCUT2D eigenvalue weighted by Crippen LogP contribution is 2.18. The number of benzene rings is 1. The van der Waals surface area contributed by atoms with Gasteiger partial charge in [-0.15, -0.1) is 0 Å². The van der Waals surface area contributed by atoms with Gasteiger partial charge in [-0.25, -0.2) is 0 Å². The predicted molar refractivity (Wildman–Crippen MR) is 81.5 cm³/mol. The summed E-state index contributed by atoms with van der Waals surface area (Å²) in [4.78, 5) is 3.96. The smallest absolute Gasteiger partial charge is 0.0915 e. The Labute approximate surface area is 120 Å². The minimum atomic E-state index is -0.507. The van der Waals surface area contributed by atoms with Crippen molar-refractivity contribution < 1.29 is 5.11 Å². The second-order valence-electron chi connectivity index (χ2n) is 5.27. The van der Waals surface area contributed by atoms with E-state index in [-0.39, 0.29) is 6.04 Å². The van der Waals surface area contributed by atoms with Gasteiger partial charge in [0.05, 0.1) is 6.10 Å². The van der Waals surface area contributed by atoms with Crippen LogP contribution >= 0.6 is 0 Å². The molecular formula is C17H22N2O. The van der Waals surface area contributed by atoms with E-state index in [0.717, 1.165) is 5.56 Å². The van der Waals surface area contributed by atoms with Gasteiger partial charge in [0.15, 0.2) is 0 Å². The van der Waals surface area contributed by atoms with Crippen LogP contribution in [0.15, 0.2) is 42.7 Å². The number of hydrogen-bond donors (Lipinski definition) is 2. The Kier molecular flexibility index (Phi) is 4.88. The molecule has 1 aromatic carbocycles. The first kappa shape index (κ1) is 14.7. The normalized spacial score (nSPS) is 14.0. The molecule has 0 bridgehead atoms. The van der Waals surface area contributed by atoms with Crippen molar-refractivity contribution >= 4 is 0 Å². The molecule has 1 aromatic heterocycles. The highest BCUT2D eigenvalue weighted by Gasteiger charge is 2.10. The Balaban J connectivity index is 1.95. The van der Waals surface area contributed by atoms with Crippen molar-refractivity contribution in [2.45, 2.75) is 32.9 Å². The number of aliphatic hydroxyl groups is 1. The first-order valence-electron chi connectivity index (χ1n) is 6.96. The van der Waals surface area contributed by atoms with E-state index >= 15 is 0 Å². The van der Waals surface area contributed by atoms with E-state index in [2.05, 4.69) is 49.3 Å². The van der Waals surface area contributed by atoms with E-state index < -0.39 is 6.10 Å². The lowest BCUT2D eigenvalue weighted by Crippen LogP contribution is -2.24. The van der Waals surface area contributed by atoms with Gasteiger partial charge in [-0.05, 0) is 55.2 Å². The quantitative estimate of drug-likeness (QED) is 0.877. The van der Waals surface area contributed by atoms with Crippen LogP contribution in [0.4, 0.5) is 0 Å². The third kappa shape index (κ3) is 3.65. The Morgan fingerprint density at radius 2 is 1.75 bits per heavy atom. The largest absolute Gasteiger partial charge is 0.387 e. The predicted octanol–water partition coefficient (Wildman–Crippen LogP) is 3.08. The Bertz CT molecular complexity index is 554. The average Bonchev–Trinajstić information content (AvgIpc) is 2.48. The van der Waals surface area contributed by atoms with E-state index in [4.69, 9.17) is 0 Å². The van der Waals surface area contributed by atoms with Gasteiger partial charge in [-0.2, -0.15) is 0 Å². The van der Waals surface area contributed by atoms with Crippen LogP contribution in [-0.2, 0) is 0 Å². The summed E-state index contributed by atoms with van der Waals surface area (Å²) in [7, 11) is 0. The van der Waals surface area contributed by atoms with E-state index in [1.807, 2.05) is 12.1 Å². The molecule has 0 aliphatic carbocycles. The zero-order valence-corrected chi connectivity index (χ0v) is 12.3. The lowest BCUT2D eigenvalue weighted by Gasteiger charge is -2.18. The first-order valence-corrected chi connectivity index (χ1v) is 6.96. The summed E-state index contributed by atoms with van der Waals surface area (Å²) in [6, 6.07) is 10.4. The number of aromatic nitrogens is 1. The molecule has 0 radical (unpaired) electrons. The first-order chi connectivity index (χ1) is 9.58. The minimum absolute atomic E-state index is 0.214. The van der Waals surface area contributed by atoms with Crippen LogP contribution in [0.25, 0.3) is 0 Å². The molecule has 20 heavy (non-hydrogen) atoms. The van der Waals surface area contributed by atoms with Gasteiger partial charge >= 0.3 is 0 Å². The van der Waals surface area contributed by atoms with Crippen LogP contribution in [0.5, 0.6) is 0 Å². The molecule has 0 aliphatic heterocycles. The van der Waals surface area contributed by atoms with Crippen LogP contribution in [0, 0.1) is 13.8 Å². The Hall–Kier alpha value is -1.71. The summed E-state index contributed by atoms with van der Waals surface area (Å²) in [5.74, 6) is 0. The van der Waals surface area contributed by atoms with Gasteiger partial charge in [0, 0.05) is 25.0 Å². The molecule has 0 saturated heterocycles. The second-order valence-corrected chi connectivity index (χ2v) is 5.27. The maximum atomic E-state index is 10.1. The van der Waals surface area contributed by atoms with Crippen LogP contribution in [0.2, 0.25) is 0 Å². The Morgan fingerprint density at radius 3 is 2.40 bits per heavy atom. The molecule has 2 atom stereocenters. The number of nitrogens with one attached hydrogen (secondary N) is 1. The SMILES string of the molecule is Cc1ccc(C(C)NCC(O)c2ccncc2)cc1C. The van der Waals surface area contributed by atoms with Crippen molar-refractivity contribution in [3.05, 3.63) is 65.0 Å². The van der Waals surface area contributed by atoms with Gasteiger partial charge in [-0.1, -0.05) is 18.2 Å². The van der Waals surface area contributed by atoms with E-state index in [1.165, 1.54) is 16.7 Å². The number of aryl methyl sites for hydroxylation is 2. The summed E-state index contributed by atoms with van der Waals surface area (Å²) in [6.07, 6.45) is 2.89. The van der Waals surface area contributed by atoms with Crippen molar-refractivity contribution in [3.8, 4) is 0 Å². The topological polar surface area (TPSA) is 45.1 Å². The molecular weight excluding hydrogens is 248 g/mol. The molecule has 2 unspecified atom stereocenters. The zero-order valence-electron chi connectivity index (χ0n) is 12.3. The third-order valence-corrected chi connectivity index (χ3v) is 3.74. The molecule has 2 N–H and O–H groups in total. The van der Waals surface area contributed by atoms with Crippen molar-refractivity contribution in [1.29, 1.82) is 0 Å². The van der Waals surface area contributed by atoms with Gasteiger partial charge in [0.25, 0.3) is 0 Å². The lowest BCUT2D eigenvalue weighted by molar-refractivity contribution is 0.170. The highest BCUT2D eigenvalue weighted by atomic mass is 16.3. The minimum Gasteiger partial charge on any atom is -0.387 e. The molecule has 0 aliphatic rings. The molecule has 0 saturated carbocycles. The molecule has 2 aromatic rings. The monoisotopic (exact) mass is 270 g/mol. The fourth-order valence-corrected chi connectivity index (χ4v) is 2.14. The summed E-state index contributed by atoms with van der Waals surface area (Å²) in [6.45, 7) is 6.88. The molecule has 2 rings (SSSR count). The fourth-order valence-electron chi connectivity index (χ4n) is 2.14. The molecule has 1 heterocycles. The van der Waals surface area contributed by atoms with Crippen LogP contribution < -0.4 is 5.32 Å². The number of nitrogens with zero attached hydrogens (tertiary/aromatic N) is 1. The van der Waals surface area contributed by atoms with Gasteiger partial charge in [0.1, 0.15) is 0 Å². The van der Waals surface area contributed by atoms with E-state index in [0.29, 0.717) is 6.54 Å². The maximum absolute atomic E-state index is 10.1. The van der Waals surface area contributed by atoms with E-state index in [9.17, 15) is 5.11 Å². The van der Waals surface area contributed by atoms with Crippen LogP contribution in [-0.4, -0.2) is 16.6 Å². The number of hydrogen-bond acceptors (Lipinski definition) is 3. The second kappa shape index (κ2) is 6.64. The van der Waals surface area contributed by atoms with Crippen molar-refractivity contribution in [2.24, 2.45) is 0 Å². The summed E-state index contributed by atoms with van der Waals surface area (Å²) in [5, 5.41) is 13.5. The number of rotatable bonds is 5. The van der Waals surface area contributed by atoms with Crippen molar-refractivity contribution in [1.82, 2.24) is 10.3 Å². The Morgan fingerprint density at radius 1 is 1.05 bits per heavy atom. The molecule has 0 amide bonds. The van der Waals surface area contributed by atoms with Gasteiger partial charge < -0.3 is 10.4 Å². The highest BCUT2D eigenvalue weighted by molar-refractivity contribution is 5.31. The summed E-state index contributed by atoms with van der Waals surface area (Å²) >= 11 is 0. The number of pyridine rings is 1. The third-order valence-electron chi connectivity index (χ3n) is 3.74. The number of aliphatic hydroxyl groups excluding tert-OH is 1. The van der Waals surface area contributed by atoms with Crippen LogP contribution in [0.1, 0.15) is 41.3 Å². The molecule has 3 nitrogen and oxygen atoms in total. The van der Waals surface area contributed by atoms with Gasteiger partial charge in [0.2, 0.25) is 0 Å². The summed E-state index contributed by atoms with van der Waals surface area (Å²) < 4.78 is 0. The van der Waals surface area contributed by atoms with Gasteiger partial charge in [-0.3, -0.25) is 4.98 Å². The molecule has 0 spiro atoms. The van der Waals surface area contributed by atoms with Crippen molar-refractivity contribution in [3.63, 3.8) is 0 Å².